The van der Waals surface area contributed by atoms with Gasteiger partial charge in [0.15, 0.2) is 0 Å². The maximum absolute atomic E-state index is 14.9. The van der Waals surface area contributed by atoms with Crippen molar-refractivity contribution in [2.75, 3.05) is 13.2 Å². The summed E-state index contributed by atoms with van der Waals surface area (Å²) in [6.07, 6.45) is 4.33. The van der Waals surface area contributed by atoms with Crippen LogP contribution in [0.2, 0.25) is 0 Å². The zero-order valence-corrected chi connectivity index (χ0v) is 15.9. The normalized spacial score (nSPS) is 33.3. The Morgan fingerprint density at radius 1 is 1.35 bits per heavy atom. The molecule has 3 atom stereocenters. The summed E-state index contributed by atoms with van der Waals surface area (Å²) in [5.41, 5.74) is 5.94. The molecule has 1 aromatic rings. The molecule has 2 fully saturated rings. The molecule has 26 heavy (non-hydrogen) atoms. The summed E-state index contributed by atoms with van der Waals surface area (Å²) in [5, 5.41) is 0. The number of nitrogens with two attached hydrogens (primary N) is 1. The van der Waals surface area contributed by atoms with Gasteiger partial charge in [-0.2, -0.15) is 0 Å². The highest BCUT2D eigenvalue weighted by atomic mass is 19.1. The van der Waals surface area contributed by atoms with E-state index >= 15 is 0 Å². The van der Waals surface area contributed by atoms with Gasteiger partial charge in [0.2, 0.25) is 0 Å². The number of halogens is 1. The zero-order chi connectivity index (χ0) is 18.5. The predicted octanol–water partition coefficient (Wildman–Crippen LogP) is 4.02. The fourth-order valence-electron chi connectivity index (χ4n) is 4.30. The van der Waals surface area contributed by atoms with Crippen LogP contribution in [0.25, 0.3) is 0 Å². The van der Waals surface area contributed by atoms with Crippen molar-refractivity contribution in [1.29, 1.82) is 0 Å². The molecule has 1 aliphatic carbocycles. The topological polar surface area (TPSA) is 56.8 Å². The Labute approximate surface area is 155 Å². The van der Waals surface area contributed by atoms with Crippen LogP contribution in [0, 0.1) is 23.1 Å². The van der Waals surface area contributed by atoms with Crippen molar-refractivity contribution < 1.29 is 13.9 Å². The molecule has 0 unspecified atom stereocenters. The van der Waals surface area contributed by atoms with Crippen LogP contribution >= 0.6 is 0 Å². The highest BCUT2D eigenvalue weighted by molar-refractivity contribution is 5.87. The van der Waals surface area contributed by atoms with Crippen molar-refractivity contribution >= 4 is 5.84 Å². The van der Waals surface area contributed by atoms with Gasteiger partial charge >= 0.3 is 0 Å². The van der Waals surface area contributed by atoms with Gasteiger partial charge in [0.25, 0.3) is 0 Å². The van der Waals surface area contributed by atoms with Crippen LogP contribution in [0.5, 0.6) is 5.75 Å². The summed E-state index contributed by atoms with van der Waals surface area (Å²) in [5.74, 6) is 1.87. The molecule has 5 heteroatoms. The molecular formula is C21H29FN2O2. The van der Waals surface area contributed by atoms with Crippen molar-refractivity contribution in [3.05, 3.63) is 29.6 Å². The van der Waals surface area contributed by atoms with Gasteiger partial charge in [0.1, 0.15) is 22.9 Å². The molecule has 4 rings (SSSR count). The van der Waals surface area contributed by atoms with Crippen LogP contribution in [0.3, 0.4) is 0 Å². The molecule has 2 heterocycles. The first-order valence-corrected chi connectivity index (χ1v) is 9.70. The van der Waals surface area contributed by atoms with E-state index in [1.54, 1.807) is 6.07 Å². The SMILES string of the molecule is C[C@H]1C[C@H]2CC(C)(C)C(N)=N[C@@]2(c2cc(OCC3CC3)ccc2F)CO1. The predicted molar refractivity (Wildman–Crippen MR) is 99.8 cm³/mol. The minimum Gasteiger partial charge on any atom is -0.493 e. The number of rotatable bonds is 4. The van der Waals surface area contributed by atoms with Crippen molar-refractivity contribution in [2.45, 2.75) is 58.1 Å². The molecule has 0 amide bonds. The lowest BCUT2D eigenvalue weighted by molar-refractivity contribution is -0.0657. The van der Waals surface area contributed by atoms with E-state index in [4.69, 9.17) is 20.2 Å². The van der Waals surface area contributed by atoms with Gasteiger partial charge in [-0.3, -0.25) is 4.99 Å². The molecule has 1 aromatic carbocycles. The number of benzene rings is 1. The summed E-state index contributed by atoms with van der Waals surface area (Å²) < 4.78 is 26.8. The summed E-state index contributed by atoms with van der Waals surface area (Å²) in [4.78, 5) is 4.88. The molecule has 2 aliphatic heterocycles. The Balaban J connectivity index is 1.74. The van der Waals surface area contributed by atoms with Crippen molar-refractivity contribution in [1.82, 2.24) is 0 Å². The molecule has 0 radical (unpaired) electrons. The van der Waals surface area contributed by atoms with E-state index in [1.807, 2.05) is 6.07 Å². The average molecular weight is 360 g/mol. The second-order valence-corrected chi connectivity index (χ2v) is 8.96. The molecule has 1 saturated carbocycles. The lowest BCUT2D eigenvalue weighted by atomic mass is 9.65. The smallest absolute Gasteiger partial charge is 0.129 e. The lowest BCUT2D eigenvalue weighted by Gasteiger charge is -2.50. The summed E-state index contributed by atoms with van der Waals surface area (Å²) in [6, 6.07) is 5.02. The van der Waals surface area contributed by atoms with Crippen LogP contribution in [0.4, 0.5) is 4.39 Å². The lowest BCUT2D eigenvalue weighted by Crippen LogP contribution is -2.54. The van der Waals surface area contributed by atoms with Gasteiger partial charge < -0.3 is 15.2 Å². The molecule has 2 N–H and O–H groups in total. The van der Waals surface area contributed by atoms with Gasteiger partial charge in [0, 0.05) is 11.0 Å². The second kappa shape index (κ2) is 6.22. The minimum atomic E-state index is -0.755. The van der Waals surface area contributed by atoms with Gasteiger partial charge in [-0.1, -0.05) is 13.8 Å². The number of fused-ring (bicyclic) bond motifs is 1. The average Bonchev–Trinajstić information content (AvgIpc) is 3.40. The monoisotopic (exact) mass is 360 g/mol. The van der Waals surface area contributed by atoms with Gasteiger partial charge in [-0.15, -0.1) is 0 Å². The Kier molecular flexibility index (Phi) is 4.25. The van der Waals surface area contributed by atoms with Crippen LogP contribution < -0.4 is 10.5 Å². The molecule has 4 nitrogen and oxygen atoms in total. The summed E-state index contributed by atoms with van der Waals surface area (Å²) >= 11 is 0. The van der Waals surface area contributed by atoms with Crippen molar-refractivity contribution in [2.24, 2.45) is 28.0 Å². The summed E-state index contributed by atoms with van der Waals surface area (Å²) in [7, 11) is 0. The molecule has 1 saturated heterocycles. The Morgan fingerprint density at radius 2 is 2.12 bits per heavy atom. The number of aliphatic imine (C=N–C) groups is 1. The number of hydrogen-bond donors (Lipinski definition) is 1. The van der Waals surface area contributed by atoms with Crippen molar-refractivity contribution in [3.8, 4) is 5.75 Å². The minimum absolute atomic E-state index is 0.149. The van der Waals surface area contributed by atoms with E-state index in [0.29, 0.717) is 36.3 Å². The van der Waals surface area contributed by atoms with Gasteiger partial charge in [0.05, 0.1) is 19.3 Å². The third-order valence-electron chi connectivity index (χ3n) is 6.24. The number of amidine groups is 1. The third-order valence-corrected chi connectivity index (χ3v) is 6.24. The quantitative estimate of drug-likeness (QED) is 0.882. The molecular weight excluding hydrogens is 331 g/mol. The second-order valence-electron chi connectivity index (χ2n) is 8.96. The number of nitrogens with zero attached hydrogens (tertiary/aromatic N) is 1. The maximum atomic E-state index is 14.9. The molecule has 0 aromatic heterocycles. The first kappa shape index (κ1) is 17.8. The Morgan fingerprint density at radius 3 is 2.85 bits per heavy atom. The van der Waals surface area contributed by atoms with E-state index < -0.39 is 5.54 Å². The number of hydrogen-bond acceptors (Lipinski definition) is 4. The number of ether oxygens (including phenoxy) is 2. The maximum Gasteiger partial charge on any atom is 0.129 e. The van der Waals surface area contributed by atoms with Crippen LogP contribution in [0.1, 0.15) is 52.0 Å². The largest absolute Gasteiger partial charge is 0.493 e. The highest BCUT2D eigenvalue weighted by Gasteiger charge is 2.52. The molecule has 0 spiro atoms. The van der Waals surface area contributed by atoms with E-state index in [2.05, 4.69) is 20.8 Å². The molecule has 0 bridgehead atoms. The van der Waals surface area contributed by atoms with Gasteiger partial charge in [-0.05, 0) is 62.6 Å². The Hall–Kier alpha value is -1.62. The molecule has 3 aliphatic rings. The Bertz CT molecular complexity index is 729. The fourth-order valence-corrected chi connectivity index (χ4v) is 4.30. The first-order chi connectivity index (χ1) is 12.3. The fraction of sp³-hybridized carbons (Fsp3) is 0.667. The van der Waals surface area contributed by atoms with E-state index in [0.717, 1.165) is 12.8 Å². The third kappa shape index (κ3) is 3.11. The van der Waals surface area contributed by atoms with E-state index in [-0.39, 0.29) is 23.3 Å². The van der Waals surface area contributed by atoms with Gasteiger partial charge in [-0.25, -0.2) is 4.39 Å². The van der Waals surface area contributed by atoms with Crippen LogP contribution in [-0.2, 0) is 10.3 Å². The van der Waals surface area contributed by atoms with E-state index in [9.17, 15) is 4.39 Å². The summed E-state index contributed by atoms with van der Waals surface area (Å²) in [6.45, 7) is 7.36. The van der Waals surface area contributed by atoms with Crippen LogP contribution in [-0.4, -0.2) is 25.2 Å². The van der Waals surface area contributed by atoms with Crippen LogP contribution in [0.15, 0.2) is 23.2 Å². The zero-order valence-electron chi connectivity index (χ0n) is 15.9. The first-order valence-electron chi connectivity index (χ1n) is 9.70. The van der Waals surface area contributed by atoms with Crippen molar-refractivity contribution in [3.63, 3.8) is 0 Å². The molecule has 142 valence electrons. The standard InChI is InChI=1S/C21H29FN2O2/c1-13-8-15-10-20(2,3)19(23)24-21(15,12-26-13)17-9-16(6-7-18(17)22)25-11-14-4-5-14/h6-7,9,13-15H,4-5,8,10-12H2,1-3H3,(H2,23,24)/t13-,15-,21-/m0/s1. The van der Waals surface area contributed by atoms with E-state index in [1.165, 1.54) is 18.9 Å². The highest BCUT2D eigenvalue weighted by Crippen LogP contribution is 2.51.